The number of nitrogens with zero attached hydrogens (tertiary/aromatic N) is 1. The highest BCUT2D eigenvalue weighted by atomic mass is 32.2. The molecule has 0 spiro atoms. The number of fused-ring (bicyclic) bond motifs is 2. The average molecular weight is 322 g/mol. The molecule has 4 nitrogen and oxygen atoms in total. The van der Waals surface area contributed by atoms with E-state index in [1.54, 1.807) is 36.0 Å². The van der Waals surface area contributed by atoms with Crippen LogP contribution in [0, 0.1) is 0 Å². The molecule has 114 valence electrons. The molecule has 0 saturated carbocycles. The number of carbonyl (C=O) groups excluding carboxylic acids is 2. The molecule has 2 aromatic carbocycles. The molecule has 4 rings (SSSR count). The van der Waals surface area contributed by atoms with Crippen LogP contribution in [0.25, 0.3) is 10.9 Å². The first kappa shape index (κ1) is 14.1. The molecule has 1 aromatic heterocycles. The summed E-state index contributed by atoms with van der Waals surface area (Å²) in [6.07, 6.45) is 0. The van der Waals surface area contributed by atoms with Crippen LogP contribution >= 0.6 is 11.8 Å². The van der Waals surface area contributed by atoms with Crippen LogP contribution in [-0.2, 0) is 0 Å². The second-order valence-corrected chi connectivity index (χ2v) is 6.51. The zero-order chi connectivity index (χ0) is 15.8. The van der Waals surface area contributed by atoms with Gasteiger partial charge in [-0.25, -0.2) is 0 Å². The number of nitrogens with one attached hydrogen (secondary N) is 1. The Labute approximate surface area is 137 Å². The van der Waals surface area contributed by atoms with Crippen LogP contribution in [0.3, 0.4) is 0 Å². The van der Waals surface area contributed by atoms with Gasteiger partial charge < -0.3 is 4.98 Å². The summed E-state index contributed by atoms with van der Waals surface area (Å²) in [5.74, 6) is 0.281. The number of benzene rings is 2. The molecule has 0 fully saturated rings. The van der Waals surface area contributed by atoms with E-state index in [1.807, 2.05) is 18.2 Å². The Morgan fingerprint density at radius 2 is 1.57 bits per heavy atom. The van der Waals surface area contributed by atoms with Gasteiger partial charge in [0.2, 0.25) is 0 Å². The van der Waals surface area contributed by atoms with Crippen LogP contribution in [0.5, 0.6) is 0 Å². The molecule has 1 N–H and O–H groups in total. The van der Waals surface area contributed by atoms with Gasteiger partial charge in [-0.1, -0.05) is 30.3 Å². The van der Waals surface area contributed by atoms with E-state index >= 15 is 0 Å². The minimum atomic E-state index is -0.192. The largest absolute Gasteiger partial charge is 0.350 e. The predicted octanol–water partition coefficient (Wildman–Crippen LogP) is 3.56. The molecule has 0 aliphatic carbocycles. The van der Waals surface area contributed by atoms with E-state index in [9.17, 15) is 9.59 Å². The van der Waals surface area contributed by atoms with Crippen molar-refractivity contribution >= 4 is 34.5 Å². The number of hydrogen-bond acceptors (Lipinski definition) is 3. The van der Waals surface area contributed by atoms with Gasteiger partial charge in [0.25, 0.3) is 11.8 Å². The number of thioether (sulfide) groups is 1. The Balaban J connectivity index is 1.44. The van der Waals surface area contributed by atoms with Crippen LogP contribution < -0.4 is 0 Å². The van der Waals surface area contributed by atoms with E-state index < -0.39 is 0 Å². The smallest absolute Gasteiger partial charge is 0.261 e. The Bertz CT molecular complexity index is 848. The molecule has 23 heavy (non-hydrogen) atoms. The number of hydrogen-bond donors (Lipinski definition) is 1. The minimum absolute atomic E-state index is 0.192. The maximum Gasteiger partial charge on any atom is 0.261 e. The van der Waals surface area contributed by atoms with E-state index in [0.29, 0.717) is 23.4 Å². The number of imide groups is 1. The maximum absolute atomic E-state index is 12.3. The summed E-state index contributed by atoms with van der Waals surface area (Å²) in [6, 6.07) is 17.2. The van der Waals surface area contributed by atoms with Crippen molar-refractivity contribution in [1.29, 1.82) is 0 Å². The van der Waals surface area contributed by atoms with Crippen molar-refractivity contribution in [3.8, 4) is 0 Å². The van der Waals surface area contributed by atoms with E-state index in [1.165, 1.54) is 4.90 Å². The van der Waals surface area contributed by atoms with Crippen LogP contribution in [-0.4, -0.2) is 34.0 Å². The molecule has 1 aliphatic rings. The lowest BCUT2D eigenvalue weighted by Gasteiger charge is -2.12. The fraction of sp³-hybridized carbons (Fsp3) is 0.111. The summed E-state index contributed by atoms with van der Waals surface area (Å²) in [5, 5.41) is 2.21. The lowest BCUT2D eigenvalue weighted by atomic mass is 10.1. The molecule has 3 aromatic rings. The number of H-pyrrole nitrogens is 1. The van der Waals surface area contributed by atoms with Crippen LogP contribution in [0.1, 0.15) is 20.7 Å². The Hall–Kier alpha value is -2.53. The van der Waals surface area contributed by atoms with Crippen LogP contribution in [0.15, 0.2) is 59.6 Å². The summed E-state index contributed by atoms with van der Waals surface area (Å²) in [6.45, 7) is 0.409. The zero-order valence-electron chi connectivity index (χ0n) is 12.3. The summed E-state index contributed by atoms with van der Waals surface area (Å²) in [5.41, 5.74) is 2.11. The second-order valence-electron chi connectivity index (χ2n) is 5.38. The fourth-order valence-electron chi connectivity index (χ4n) is 2.81. The lowest BCUT2D eigenvalue weighted by Crippen LogP contribution is -2.31. The van der Waals surface area contributed by atoms with Gasteiger partial charge in [0, 0.05) is 23.2 Å². The highest BCUT2D eigenvalue weighted by molar-refractivity contribution is 7.99. The lowest BCUT2D eigenvalue weighted by molar-refractivity contribution is 0.0664. The van der Waals surface area contributed by atoms with E-state index in [4.69, 9.17) is 0 Å². The molecule has 0 bridgehead atoms. The van der Waals surface area contributed by atoms with Crippen molar-refractivity contribution in [2.24, 2.45) is 0 Å². The molecule has 0 saturated heterocycles. The Kier molecular flexibility index (Phi) is 3.42. The number of carbonyl (C=O) groups is 2. The molecule has 1 aliphatic heterocycles. The number of rotatable bonds is 4. The quantitative estimate of drug-likeness (QED) is 0.590. The van der Waals surface area contributed by atoms with E-state index in [-0.39, 0.29) is 11.8 Å². The average Bonchev–Trinajstić information content (AvgIpc) is 3.09. The molecule has 2 heterocycles. The molecule has 5 heteroatoms. The van der Waals surface area contributed by atoms with Gasteiger partial charge >= 0.3 is 0 Å². The van der Waals surface area contributed by atoms with Gasteiger partial charge in [0.15, 0.2) is 0 Å². The van der Waals surface area contributed by atoms with E-state index in [2.05, 4.69) is 17.1 Å². The summed E-state index contributed by atoms with van der Waals surface area (Å²) < 4.78 is 0. The summed E-state index contributed by atoms with van der Waals surface area (Å²) >= 11 is 1.61. The number of amides is 2. The SMILES string of the molecule is O=C1c2ccccc2C(=O)N1CCSc1cc2ccccc2[nH]1. The number of aromatic nitrogens is 1. The Morgan fingerprint density at radius 1 is 0.913 bits per heavy atom. The first-order chi connectivity index (χ1) is 11.2. The van der Waals surface area contributed by atoms with E-state index in [0.717, 1.165) is 15.9 Å². The van der Waals surface area contributed by atoms with Crippen molar-refractivity contribution in [2.45, 2.75) is 5.03 Å². The summed E-state index contributed by atoms with van der Waals surface area (Å²) in [7, 11) is 0. The van der Waals surface area contributed by atoms with Gasteiger partial charge in [0.1, 0.15) is 0 Å². The van der Waals surface area contributed by atoms with Crippen molar-refractivity contribution in [2.75, 3.05) is 12.3 Å². The van der Waals surface area contributed by atoms with Gasteiger partial charge in [-0.15, -0.1) is 11.8 Å². The van der Waals surface area contributed by atoms with Gasteiger partial charge in [0.05, 0.1) is 16.2 Å². The zero-order valence-corrected chi connectivity index (χ0v) is 13.1. The van der Waals surface area contributed by atoms with Gasteiger partial charge in [-0.3, -0.25) is 14.5 Å². The number of para-hydroxylation sites is 1. The van der Waals surface area contributed by atoms with Gasteiger partial charge in [-0.2, -0.15) is 0 Å². The fourth-order valence-corrected chi connectivity index (χ4v) is 3.70. The predicted molar refractivity (Wildman–Crippen MR) is 90.8 cm³/mol. The minimum Gasteiger partial charge on any atom is -0.350 e. The third kappa shape index (κ3) is 2.43. The number of aromatic amines is 1. The highest BCUT2D eigenvalue weighted by Gasteiger charge is 2.34. The topological polar surface area (TPSA) is 53.2 Å². The van der Waals surface area contributed by atoms with Crippen molar-refractivity contribution < 1.29 is 9.59 Å². The second kappa shape index (κ2) is 5.59. The first-order valence-corrected chi connectivity index (χ1v) is 8.38. The first-order valence-electron chi connectivity index (χ1n) is 7.40. The third-order valence-electron chi connectivity index (χ3n) is 3.96. The molecule has 0 radical (unpaired) electrons. The normalized spacial score (nSPS) is 13.8. The molecular weight excluding hydrogens is 308 g/mol. The molecule has 0 unspecified atom stereocenters. The van der Waals surface area contributed by atoms with Crippen LogP contribution in [0.2, 0.25) is 0 Å². The van der Waals surface area contributed by atoms with Crippen molar-refractivity contribution in [3.05, 3.63) is 65.7 Å². The van der Waals surface area contributed by atoms with Gasteiger partial charge in [-0.05, 0) is 24.3 Å². The standard InChI is InChI=1S/C18H14N2O2S/c21-17-13-6-2-3-7-14(13)18(22)20(17)9-10-23-16-11-12-5-1-4-8-15(12)19-16/h1-8,11,19H,9-10H2. The molecule has 2 amide bonds. The van der Waals surface area contributed by atoms with Crippen LogP contribution in [0.4, 0.5) is 0 Å². The van der Waals surface area contributed by atoms with Crippen molar-refractivity contribution in [1.82, 2.24) is 9.88 Å². The highest BCUT2D eigenvalue weighted by Crippen LogP contribution is 2.25. The third-order valence-corrected chi connectivity index (χ3v) is 4.87. The monoisotopic (exact) mass is 322 g/mol. The summed E-state index contributed by atoms with van der Waals surface area (Å²) in [4.78, 5) is 29.2. The molecule has 0 atom stereocenters. The Morgan fingerprint density at radius 3 is 2.26 bits per heavy atom. The maximum atomic E-state index is 12.3. The van der Waals surface area contributed by atoms with Crippen molar-refractivity contribution in [3.63, 3.8) is 0 Å². The molecular formula is C18H14N2O2S.